The highest BCUT2D eigenvalue weighted by Crippen LogP contribution is 2.30. The average molecular weight is 330 g/mol. The number of amides is 1. The number of rotatable bonds is 4. The Bertz CT molecular complexity index is 444. The molecule has 1 unspecified atom stereocenters. The highest BCUT2D eigenvalue weighted by molar-refractivity contribution is 9.10. The Balaban J connectivity index is 1.52. The van der Waals surface area contributed by atoms with Gasteiger partial charge in [0.2, 0.25) is 0 Å². The third-order valence-corrected chi connectivity index (χ3v) is 5.15. The molecule has 1 aromatic heterocycles. The molecular formula is C13H16BrNO2S. The van der Waals surface area contributed by atoms with E-state index in [1.54, 1.807) is 0 Å². The second kappa shape index (κ2) is 5.31. The summed E-state index contributed by atoms with van der Waals surface area (Å²) in [6, 6.07) is 1.89. The van der Waals surface area contributed by atoms with E-state index in [-0.39, 0.29) is 12.0 Å². The molecule has 1 saturated heterocycles. The molecule has 1 amide bonds. The summed E-state index contributed by atoms with van der Waals surface area (Å²) in [5.41, 5.74) is 0. The number of thiophene rings is 1. The monoisotopic (exact) mass is 329 g/mol. The molecule has 18 heavy (non-hydrogen) atoms. The van der Waals surface area contributed by atoms with Gasteiger partial charge >= 0.3 is 0 Å². The van der Waals surface area contributed by atoms with Gasteiger partial charge in [-0.05, 0) is 47.2 Å². The van der Waals surface area contributed by atoms with Gasteiger partial charge < -0.3 is 9.64 Å². The van der Waals surface area contributed by atoms with Crippen LogP contribution >= 0.6 is 27.3 Å². The van der Waals surface area contributed by atoms with Crippen LogP contribution in [0.4, 0.5) is 0 Å². The zero-order chi connectivity index (χ0) is 12.5. The SMILES string of the molecule is O=C(c1cc(Br)cs1)N1CCC(OCC2CC2)C1. The molecule has 1 atom stereocenters. The first-order chi connectivity index (χ1) is 8.72. The molecule has 1 saturated carbocycles. The second-order valence-electron chi connectivity index (χ2n) is 5.07. The fourth-order valence-corrected chi connectivity index (χ4v) is 3.58. The van der Waals surface area contributed by atoms with Crippen molar-refractivity contribution in [1.82, 2.24) is 4.90 Å². The lowest BCUT2D eigenvalue weighted by atomic mass is 10.3. The number of hydrogen-bond acceptors (Lipinski definition) is 3. The molecule has 2 heterocycles. The number of carbonyl (C=O) groups excluding carboxylic acids is 1. The molecule has 0 spiro atoms. The van der Waals surface area contributed by atoms with E-state index in [0.717, 1.165) is 41.4 Å². The number of likely N-dealkylation sites (tertiary alicyclic amines) is 1. The van der Waals surface area contributed by atoms with Crippen LogP contribution in [0.3, 0.4) is 0 Å². The van der Waals surface area contributed by atoms with E-state index in [0.29, 0.717) is 0 Å². The molecule has 1 aromatic rings. The highest BCUT2D eigenvalue weighted by Gasteiger charge is 2.30. The quantitative estimate of drug-likeness (QED) is 0.849. The minimum Gasteiger partial charge on any atom is -0.376 e. The van der Waals surface area contributed by atoms with Gasteiger partial charge in [-0.1, -0.05) is 0 Å². The summed E-state index contributed by atoms with van der Waals surface area (Å²) < 4.78 is 6.83. The predicted octanol–water partition coefficient (Wildman–Crippen LogP) is 3.15. The Labute approximate surface area is 119 Å². The van der Waals surface area contributed by atoms with Gasteiger partial charge in [-0.15, -0.1) is 11.3 Å². The first kappa shape index (κ1) is 12.6. The lowest BCUT2D eigenvalue weighted by molar-refractivity contribution is 0.0482. The molecular weight excluding hydrogens is 314 g/mol. The van der Waals surface area contributed by atoms with Crippen molar-refractivity contribution in [3.8, 4) is 0 Å². The number of ether oxygens (including phenoxy) is 1. The van der Waals surface area contributed by atoms with Gasteiger partial charge in [0.05, 0.1) is 11.0 Å². The van der Waals surface area contributed by atoms with Crippen LogP contribution in [0.25, 0.3) is 0 Å². The van der Waals surface area contributed by atoms with Crippen molar-refractivity contribution >= 4 is 33.2 Å². The van der Waals surface area contributed by atoms with Crippen molar-refractivity contribution < 1.29 is 9.53 Å². The lowest BCUT2D eigenvalue weighted by Gasteiger charge is -2.15. The summed E-state index contributed by atoms with van der Waals surface area (Å²) >= 11 is 4.88. The lowest BCUT2D eigenvalue weighted by Crippen LogP contribution is -2.29. The Morgan fingerprint density at radius 2 is 2.33 bits per heavy atom. The average Bonchev–Trinajstić information content (AvgIpc) is 2.90. The largest absolute Gasteiger partial charge is 0.376 e. The molecule has 1 aliphatic carbocycles. The molecule has 0 radical (unpaired) electrons. The van der Waals surface area contributed by atoms with Gasteiger partial charge in [0.25, 0.3) is 5.91 Å². The molecule has 0 aromatic carbocycles. The summed E-state index contributed by atoms with van der Waals surface area (Å²) in [5.74, 6) is 0.936. The molecule has 5 heteroatoms. The van der Waals surface area contributed by atoms with E-state index < -0.39 is 0 Å². The van der Waals surface area contributed by atoms with Crippen LogP contribution in [-0.2, 0) is 4.74 Å². The summed E-state index contributed by atoms with van der Waals surface area (Å²) in [6.45, 7) is 2.46. The molecule has 3 rings (SSSR count). The maximum Gasteiger partial charge on any atom is 0.264 e. The van der Waals surface area contributed by atoms with Crippen molar-refractivity contribution in [2.24, 2.45) is 5.92 Å². The molecule has 3 nitrogen and oxygen atoms in total. The minimum atomic E-state index is 0.142. The standard InChI is InChI=1S/C13H16BrNO2S/c14-10-5-12(18-8-10)13(16)15-4-3-11(6-15)17-7-9-1-2-9/h5,8-9,11H,1-4,6-7H2. The van der Waals surface area contributed by atoms with Crippen molar-refractivity contribution in [2.75, 3.05) is 19.7 Å². The molecule has 98 valence electrons. The zero-order valence-electron chi connectivity index (χ0n) is 10.1. The van der Waals surface area contributed by atoms with Crippen molar-refractivity contribution in [2.45, 2.75) is 25.4 Å². The van der Waals surface area contributed by atoms with E-state index in [1.165, 1.54) is 24.2 Å². The van der Waals surface area contributed by atoms with Crippen molar-refractivity contribution in [1.29, 1.82) is 0 Å². The first-order valence-electron chi connectivity index (χ1n) is 6.37. The number of hydrogen-bond donors (Lipinski definition) is 0. The number of nitrogens with zero attached hydrogens (tertiary/aromatic N) is 1. The van der Waals surface area contributed by atoms with Crippen LogP contribution in [0.15, 0.2) is 15.9 Å². The van der Waals surface area contributed by atoms with Crippen LogP contribution in [0, 0.1) is 5.92 Å². The summed E-state index contributed by atoms with van der Waals surface area (Å²) in [4.78, 5) is 14.9. The Morgan fingerprint density at radius 1 is 1.50 bits per heavy atom. The second-order valence-corrected chi connectivity index (χ2v) is 6.89. The summed E-state index contributed by atoms with van der Waals surface area (Å²) in [6.07, 6.45) is 3.86. The molecule has 0 bridgehead atoms. The van der Waals surface area contributed by atoms with E-state index in [4.69, 9.17) is 4.74 Å². The maximum atomic E-state index is 12.2. The molecule has 2 aliphatic rings. The van der Waals surface area contributed by atoms with Crippen LogP contribution in [-0.4, -0.2) is 36.6 Å². The first-order valence-corrected chi connectivity index (χ1v) is 8.04. The molecule has 2 fully saturated rings. The third-order valence-electron chi connectivity index (χ3n) is 3.48. The third kappa shape index (κ3) is 2.95. The van der Waals surface area contributed by atoms with Gasteiger partial charge in [-0.25, -0.2) is 0 Å². The van der Waals surface area contributed by atoms with Crippen LogP contribution in [0.1, 0.15) is 28.9 Å². The highest BCUT2D eigenvalue weighted by atomic mass is 79.9. The van der Waals surface area contributed by atoms with Crippen LogP contribution in [0.5, 0.6) is 0 Å². The van der Waals surface area contributed by atoms with Gasteiger partial charge in [-0.3, -0.25) is 4.79 Å². The Morgan fingerprint density at radius 3 is 3.00 bits per heavy atom. The van der Waals surface area contributed by atoms with Crippen molar-refractivity contribution in [3.05, 3.63) is 20.8 Å². The Hall–Kier alpha value is -0.390. The van der Waals surface area contributed by atoms with E-state index in [2.05, 4.69) is 15.9 Å². The number of carbonyl (C=O) groups is 1. The summed E-state index contributed by atoms with van der Waals surface area (Å²) in [5, 5.41) is 1.95. The maximum absolute atomic E-state index is 12.2. The smallest absolute Gasteiger partial charge is 0.264 e. The van der Waals surface area contributed by atoms with Gasteiger partial charge in [0, 0.05) is 29.5 Å². The predicted molar refractivity (Wildman–Crippen MR) is 75.0 cm³/mol. The Kier molecular flexibility index (Phi) is 3.73. The van der Waals surface area contributed by atoms with E-state index in [9.17, 15) is 4.79 Å². The molecule has 0 N–H and O–H groups in total. The van der Waals surface area contributed by atoms with E-state index >= 15 is 0 Å². The fourth-order valence-electron chi connectivity index (χ4n) is 2.19. The van der Waals surface area contributed by atoms with Gasteiger partial charge in [-0.2, -0.15) is 0 Å². The van der Waals surface area contributed by atoms with E-state index in [1.807, 2.05) is 16.3 Å². The van der Waals surface area contributed by atoms with Crippen LogP contribution in [0.2, 0.25) is 0 Å². The van der Waals surface area contributed by atoms with Crippen LogP contribution < -0.4 is 0 Å². The fraction of sp³-hybridized carbons (Fsp3) is 0.615. The minimum absolute atomic E-state index is 0.142. The zero-order valence-corrected chi connectivity index (χ0v) is 12.5. The summed E-state index contributed by atoms with van der Waals surface area (Å²) in [7, 11) is 0. The van der Waals surface area contributed by atoms with Gasteiger partial charge in [0.15, 0.2) is 0 Å². The topological polar surface area (TPSA) is 29.5 Å². The normalized spacial score (nSPS) is 23.6. The number of halogens is 1. The van der Waals surface area contributed by atoms with Gasteiger partial charge in [0.1, 0.15) is 0 Å². The molecule has 1 aliphatic heterocycles. The van der Waals surface area contributed by atoms with Crippen molar-refractivity contribution in [3.63, 3.8) is 0 Å².